The number of nitrogens with one attached hydrogen (secondary N) is 1. The van der Waals surface area contributed by atoms with Gasteiger partial charge in [0.05, 0.1) is 0 Å². The molecule has 1 aromatic rings. The quantitative estimate of drug-likeness (QED) is 0.843. The van der Waals surface area contributed by atoms with Crippen molar-refractivity contribution >= 4 is 17.4 Å². The zero-order chi connectivity index (χ0) is 16.0. The molecule has 0 bridgehead atoms. The predicted molar refractivity (Wildman–Crippen MR) is 91.4 cm³/mol. The molecule has 0 spiro atoms. The van der Waals surface area contributed by atoms with E-state index < -0.39 is 5.60 Å². The Kier molecular flexibility index (Phi) is 6.26. The molecule has 0 radical (unpaired) electrons. The van der Waals surface area contributed by atoms with Crippen LogP contribution in [0.1, 0.15) is 39.2 Å². The molecule has 0 atom stereocenters. The van der Waals surface area contributed by atoms with Crippen molar-refractivity contribution in [2.75, 3.05) is 26.2 Å². The first-order chi connectivity index (χ1) is 10.4. The maximum atomic E-state index is 12.0. The highest BCUT2D eigenvalue weighted by Gasteiger charge is 2.26. The molecule has 1 aromatic heterocycles. The van der Waals surface area contributed by atoms with Crippen molar-refractivity contribution in [3.63, 3.8) is 0 Å². The molecule has 0 aliphatic carbocycles. The summed E-state index contributed by atoms with van der Waals surface area (Å²) in [5.74, 6) is 0.668. The highest BCUT2D eigenvalue weighted by molar-refractivity contribution is 7.07. The summed E-state index contributed by atoms with van der Waals surface area (Å²) >= 11 is 1.76. The maximum Gasteiger partial charge on any atom is 0.410 e. The van der Waals surface area contributed by atoms with Gasteiger partial charge in [0, 0.05) is 13.1 Å². The molecule has 0 aromatic carbocycles. The van der Waals surface area contributed by atoms with Crippen molar-refractivity contribution in [1.29, 1.82) is 0 Å². The smallest absolute Gasteiger partial charge is 0.410 e. The highest BCUT2D eigenvalue weighted by Crippen LogP contribution is 2.19. The van der Waals surface area contributed by atoms with Crippen molar-refractivity contribution < 1.29 is 9.53 Å². The normalized spacial score (nSPS) is 16.8. The summed E-state index contributed by atoms with van der Waals surface area (Å²) in [5.41, 5.74) is 1.01. The Morgan fingerprint density at radius 2 is 2.14 bits per heavy atom. The summed E-state index contributed by atoms with van der Waals surface area (Å²) in [6.45, 7) is 9.44. The molecule has 1 fully saturated rings. The molecular formula is C17H28N2O2S. The van der Waals surface area contributed by atoms with Crippen LogP contribution >= 0.6 is 11.3 Å². The molecule has 2 heterocycles. The number of nitrogens with zero attached hydrogens (tertiary/aromatic N) is 1. The lowest BCUT2D eigenvalue weighted by Crippen LogP contribution is -2.43. The number of carbonyl (C=O) groups excluding carboxylic acids is 1. The molecule has 0 unspecified atom stereocenters. The van der Waals surface area contributed by atoms with Crippen LogP contribution in [-0.4, -0.2) is 42.8 Å². The standard InChI is InChI=1S/C17H28N2O2S/c1-17(2,3)21-16(20)19-9-5-14(6-10-19)12-18-8-4-15-7-11-22-13-15/h7,11,13-14,18H,4-6,8-10,12H2,1-3H3. The molecule has 22 heavy (non-hydrogen) atoms. The van der Waals surface area contributed by atoms with E-state index in [1.165, 1.54) is 5.56 Å². The number of rotatable bonds is 5. The van der Waals surface area contributed by atoms with Crippen molar-refractivity contribution in [2.45, 2.75) is 45.6 Å². The van der Waals surface area contributed by atoms with E-state index >= 15 is 0 Å². The molecule has 1 aliphatic heterocycles. The zero-order valence-corrected chi connectivity index (χ0v) is 14.7. The lowest BCUT2D eigenvalue weighted by molar-refractivity contribution is 0.0184. The SMILES string of the molecule is CC(C)(C)OC(=O)N1CCC(CNCCc2ccsc2)CC1. The lowest BCUT2D eigenvalue weighted by atomic mass is 9.97. The molecular weight excluding hydrogens is 296 g/mol. The van der Waals surface area contributed by atoms with Gasteiger partial charge in [-0.15, -0.1) is 0 Å². The van der Waals surface area contributed by atoms with Crippen LogP contribution in [0.3, 0.4) is 0 Å². The van der Waals surface area contributed by atoms with E-state index in [1.807, 2.05) is 25.7 Å². The Balaban J connectivity index is 1.59. The summed E-state index contributed by atoms with van der Waals surface area (Å²) in [6, 6.07) is 2.19. The van der Waals surface area contributed by atoms with Crippen molar-refractivity contribution in [1.82, 2.24) is 10.2 Å². The van der Waals surface area contributed by atoms with Crippen molar-refractivity contribution in [3.05, 3.63) is 22.4 Å². The van der Waals surface area contributed by atoms with Gasteiger partial charge in [-0.25, -0.2) is 4.79 Å². The third-order valence-electron chi connectivity index (χ3n) is 3.87. The van der Waals surface area contributed by atoms with Gasteiger partial charge in [0.2, 0.25) is 0 Å². The lowest BCUT2D eigenvalue weighted by Gasteiger charge is -2.33. The van der Waals surface area contributed by atoms with E-state index in [2.05, 4.69) is 22.1 Å². The fourth-order valence-corrected chi connectivity index (χ4v) is 3.32. The number of likely N-dealkylation sites (tertiary alicyclic amines) is 1. The molecule has 1 N–H and O–H groups in total. The van der Waals surface area contributed by atoms with Crippen LogP contribution in [0.15, 0.2) is 16.8 Å². The number of hydrogen-bond acceptors (Lipinski definition) is 4. The largest absolute Gasteiger partial charge is 0.444 e. The summed E-state index contributed by atoms with van der Waals surface area (Å²) < 4.78 is 5.42. The molecule has 1 aliphatic rings. The Bertz CT molecular complexity index is 446. The van der Waals surface area contributed by atoms with E-state index in [-0.39, 0.29) is 6.09 Å². The summed E-state index contributed by atoms with van der Waals surface area (Å²) in [4.78, 5) is 13.8. The number of amides is 1. The van der Waals surface area contributed by atoms with Crippen LogP contribution in [0.5, 0.6) is 0 Å². The Labute approximate surface area is 137 Å². The molecule has 124 valence electrons. The summed E-state index contributed by atoms with van der Waals surface area (Å²) in [6.07, 6.45) is 3.05. The number of carbonyl (C=O) groups is 1. The minimum Gasteiger partial charge on any atom is -0.444 e. The van der Waals surface area contributed by atoms with Gasteiger partial charge in [-0.05, 0) is 81.4 Å². The fraction of sp³-hybridized carbons (Fsp3) is 0.706. The molecule has 1 saturated heterocycles. The van der Waals surface area contributed by atoms with Gasteiger partial charge < -0.3 is 15.0 Å². The first kappa shape index (κ1) is 17.3. The fourth-order valence-electron chi connectivity index (χ4n) is 2.62. The maximum absolute atomic E-state index is 12.0. The minimum atomic E-state index is -0.406. The number of thiophene rings is 1. The van der Waals surface area contributed by atoms with Crippen molar-refractivity contribution in [2.24, 2.45) is 5.92 Å². The number of ether oxygens (including phenoxy) is 1. The van der Waals surface area contributed by atoms with Crippen LogP contribution in [0, 0.1) is 5.92 Å². The van der Waals surface area contributed by atoms with Gasteiger partial charge in [-0.3, -0.25) is 0 Å². The average molecular weight is 324 g/mol. The van der Waals surface area contributed by atoms with Crippen molar-refractivity contribution in [3.8, 4) is 0 Å². The van der Waals surface area contributed by atoms with Crippen LogP contribution in [0.4, 0.5) is 4.79 Å². The first-order valence-electron chi connectivity index (χ1n) is 8.14. The Morgan fingerprint density at radius 3 is 2.73 bits per heavy atom. The number of hydrogen-bond donors (Lipinski definition) is 1. The van der Waals surface area contributed by atoms with Crippen LogP contribution < -0.4 is 5.32 Å². The Hall–Kier alpha value is -1.07. The second kappa shape index (κ2) is 7.97. The topological polar surface area (TPSA) is 41.6 Å². The first-order valence-corrected chi connectivity index (χ1v) is 9.08. The molecule has 2 rings (SSSR count). The predicted octanol–water partition coefficient (Wildman–Crippen LogP) is 3.53. The third-order valence-corrected chi connectivity index (χ3v) is 4.60. The van der Waals surface area contributed by atoms with Crippen LogP contribution in [0.25, 0.3) is 0 Å². The van der Waals surface area contributed by atoms with E-state index in [1.54, 1.807) is 11.3 Å². The molecule has 5 heteroatoms. The summed E-state index contributed by atoms with van der Waals surface area (Å²) in [7, 11) is 0. The second-order valence-corrected chi connectivity index (χ2v) is 7.78. The minimum absolute atomic E-state index is 0.170. The summed E-state index contributed by atoms with van der Waals surface area (Å²) in [5, 5.41) is 7.88. The highest BCUT2D eigenvalue weighted by atomic mass is 32.1. The van der Waals surface area contributed by atoms with E-state index in [0.717, 1.165) is 45.4 Å². The monoisotopic (exact) mass is 324 g/mol. The van der Waals surface area contributed by atoms with Gasteiger partial charge in [0.25, 0.3) is 0 Å². The number of piperidine rings is 1. The molecule has 1 amide bonds. The zero-order valence-electron chi connectivity index (χ0n) is 13.9. The third kappa shape index (κ3) is 5.97. The second-order valence-electron chi connectivity index (χ2n) is 7.00. The van der Waals surface area contributed by atoms with Gasteiger partial charge in [-0.1, -0.05) is 0 Å². The van der Waals surface area contributed by atoms with E-state index in [4.69, 9.17) is 4.74 Å². The van der Waals surface area contributed by atoms with Crippen LogP contribution in [0.2, 0.25) is 0 Å². The van der Waals surface area contributed by atoms with Gasteiger partial charge in [0.1, 0.15) is 5.60 Å². The van der Waals surface area contributed by atoms with Gasteiger partial charge >= 0.3 is 6.09 Å². The molecule has 4 nitrogen and oxygen atoms in total. The van der Waals surface area contributed by atoms with E-state index in [9.17, 15) is 4.79 Å². The Morgan fingerprint density at radius 1 is 1.41 bits per heavy atom. The van der Waals surface area contributed by atoms with Gasteiger partial charge in [0.15, 0.2) is 0 Å². The van der Waals surface area contributed by atoms with E-state index in [0.29, 0.717) is 5.92 Å². The van der Waals surface area contributed by atoms with Gasteiger partial charge in [-0.2, -0.15) is 11.3 Å². The van der Waals surface area contributed by atoms with Crippen LogP contribution in [-0.2, 0) is 11.2 Å². The average Bonchev–Trinajstić information content (AvgIpc) is 2.95. The molecule has 0 saturated carbocycles.